The lowest BCUT2D eigenvalue weighted by Crippen LogP contribution is -2.26. The Balaban J connectivity index is 5.82. The maximum absolute atomic E-state index is 12.7. The van der Waals surface area contributed by atoms with E-state index < -0.39 is 5.41 Å². The van der Waals surface area contributed by atoms with Gasteiger partial charge in [-0.15, -0.1) is 0 Å². The molecule has 0 aromatic carbocycles. The zero-order valence-corrected chi connectivity index (χ0v) is 17.6. The van der Waals surface area contributed by atoms with Crippen LogP contribution in [0.15, 0.2) is 34.9 Å². The number of ether oxygens (including phenoxy) is 1. The van der Waals surface area contributed by atoms with Gasteiger partial charge in [0.25, 0.3) is 0 Å². The van der Waals surface area contributed by atoms with E-state index in [9.17, 15) is 9.59 Å². The molecule has 0 aromatic rings. The summed E-state index contributed by atoms with van der Waals surface area (Å²) in [5.74, 6) is -0.301. The number of allylic oxidation sites excluding steroid dienone is 4. The van der Waals surface area contributed by atoms with Gasteiger partial charge in [0.1, 0.15) is 6.61 Å². The van der Waals surface area contributed by atoms with Crippen LogP contribution in [0.2, 0.25) is 0 Å². The van der Waals surface area contributed by atoms with Gasteiger partial charge in [-0.05, 0) is 50.0 Å². The highest BCUT2D eigenvalue weighted by Gasteiger charge is 2.31. The second-order valence-corrected chi connectivity index (χ2v) is 8.84. The first-order valence-corrected chi connectivity index (χ1v) is 8.82. The Bertz CT molecular complexity index is 581. The molecule has 25 heavy (non-hydrogen) atoms. The number of hydrogen-bond acceptors (Lipinski definition) is 3. The van der Waals surface area contributed by atoms with Gasteiger partial charge in [0.05, 0.1) is 0 Å². The first kappa shape index (κ1) is 23.5. The molecule has 0 spiro atoms. The van der Waals surface area contributed by atoms with Crippen LogP contribution < -0.4 is 0 Å². The average molecular weight is 349 g/mol. The molecule has 0 amide bonds. The van der Waals surface area contributed by atoms with E-state index in [0.717, 1.165) is 6.42 Å². The monoisotopic (exact) mass is 348 g/mol. The normalized spacial score (nSPS) is 14.2. The molecular formula is C22H36O3. The molecule has 0 atom stereocenters. The third-order valence-electron chi connectivity index (χ3n) is 4.13. The number of methoxy groups -OCH3 is 1. The van der Waals surface area contributed by atoms with Gasteiger partial charge >= 0.3 is 0 Å². The van der Waals surface area contributed by atoms with Gasteiger partial charge in [-0.3, -0.25) is 9.59 Å². The highest BCUT2D eigenvalue weighted by Crippen LogP contribution is 2.36. The molecule has 0 rings (SSSR count). The van der Waals surface area contributed by atoms with Crippen molar-refractivity contribution in [3.8, 4) is 0 Å². The van der Waals surface area contributed by atoms with Gasteiger partial charge < -0.3 is 4.74 Å². The molecule has 0 aliphatic heterocycles. The fraction of sp³-hybridized carbons (Fsp3) is 0.636. The Hall–Kier alpha value is -1.48. The van der Waals surface area contributed by atoms with Gasteiger partial charge in [0.15, 0.2) is 11.6 Å². The van der Waals surface area contributed by atoms with Crippen LogP contribution in [0.25, 0.3) is 0 Å². The van der Waals surface area contributed by atoms with Gasteiger partial charge in [-0.25, -0.2) is 0 Å². The molecule has 0 unspecified atom stereocenters. The Morgan fingerprint density at radius 3 is 1.96 bits per heavy atom. The number of hydrogen-bond donors (Lipinski definition) is 0. The Morgan fingerprint density at radius 2 is 1.56 bits per heavy atom. The second-order valence-electron chi connectivity index (χ2n) is 8.84. The van der Waals surface area contributed by atoms with Gasteiger partial charge in [-0.2, -0.15) is 0 Å². The van der Waals surface area contributed by atoms with Crippen LogP contribution in [0.1, 0.15) is 68.2 Å². The number of carbonyl (C=O) groups is 2. The third kappa shape index (κ3) is 7.96. The van der Waals surface area contributed by atoms with Gasteiger partial charge in [0, 0.05) is 18.3 Å². The summed E-state index contributed by atoms with van der Waals surface area (Å²) < 4.78 is 4.95. The summed E-state index contributed by atoms with van der Waals surface area (Å²) in [6.07, 6.45) is 3.88. The number of ketones is 2. The van der Waals surface area contributed by atoms with Crippen LogP contribution in [0.5, 0.6) is 0 Å². The van der Waals surface area contributed by atoms with Crippen molar-refractivity contribution in [2.75, 3.05) is 13.7 Å². The number of rotatable bonds is 9. The van der Waals surface area contributed by atoms with Crippen LogP contribution in [-0.2, 0) is 14.3 Å². The van der Waals surface area contributed by atoms with E-state index in [2.05, 4.69) is 40.3 Å². The predicted octanol–water partition coefficient (Wildman–Crippen LogP) is 5.46. The van der Waals surface area contributed by atoms with E-state index in [1.165, 1.54) is 12.7 Å². The molecule has 142 valence electrons. The van der Waals surface area contributed by atoms with Gasteiger partial charge in [-0.1, -0.05) is 52.8 Å². The molecule has 0 fully saturated rings. The molecule has 3 heteroatoms. The standard InChI is InChI=1S/C22H36O3/c1-15(2)20(24)19(17(4)18(23)14-25-10)22(8,9)12-11-16(3)13-21(5,6)7/h11H,1,12-14H2,2-10H3. The van der Waals surface area contributed by atoms with Crippen molar-refractivity contribution in [3.63, 3.8) is 0 Å². The average Bonchev–Trinajstić information content (AvgIpc) is 2.43. The first-order chi connectivity index (χ1) is 11.2. The summed E-state index contributed by atoms with van der Waals surface area (Å²) in [6, 6.07) is 0. The molecule has 0 saturated carbocycles. The quantitative estimate of drug-likeness (QED) is 0.410. The topological polar surface area (TPSA) is 43.4 Å². The molecule has 0 saturated heterocycles. The van der Waals surface area contributed by atoms with Crippen LogP contribution in [0, 0.1) is 10.8 Å². The third-order valence-corrected chi connectivity index (χ3v) is 4.13. The summed E-state index contributed by atoms with van der Waals surface area (Å²) in [6.45, 7) is 19.9. The molecule has 0 aromatic heterocycles. The van der Waals surface area contributed by atoms with Crippen molar-refractivity contribution < 1.29 is 14.3 Å². The summed E-state index contributed by atoms with van der Waals surface area (Å²) >= 11 is 0. The Labute approximate surface area is 154 Å². The lowest BCUT2D eigenvalue weighted by molar-refractivity contribution is -0.120. The summed E-state index contributed by atoms with van der Waals surface area (Å²) in [4.78, 5) is 25.0. The van der Waals surface area contributed by atoms with Gasteiger partial charge in [0.2, 0.25) is 0 Å². The summed E-state index contributed by atoms with van der Waals surface area (Å²) in [5.41, 5.74) is 2.53. The Morgan fingerprint density at radius 1 is 1.04 bits per heavy atom. The Kier molecular flexibility index (Phi) is 8.73. The summed E-state index contributed by atoms with van der Waals surface area (Å²) in [7, 11) is 1.48. The smallest absolute Gasteiger partial charge is 0.185 e. The molecule has 0 aliphatic carbocycles. The second kappa shape index (κ2) is 9.28. The molecule has 3 nitrogen and oxygen atoms in total. The van der Waals surface area contributed by atoms with E-state index in [4.69, 9.17) is 4.74 Å². The van der Waals surface area contributed by atoms with Crippen molar-refractivity contribution in [2.24, 2.45) is 10.8 Å². The zero-order chi connectivity index (χ0) is 20.0. The van der Waals surface area contributed by atoms with Crippen molar-refractivity contribution in [1.29, 1.82) is 0 Å². The maximum Gasteiger partial charge on any atom is 0.185 e. The molecule has 0 bridgehead atoms. The minimum atomic E-state index is -0.456. The van der Waals surface area contributed by atoms with E-state index in [0.29, 0.717) is 23.1 Å². The van der Waals surface area contributed by atoms with Crippen molar-refractivity contribution in [1.82, 2.24) is 0 Å². The molecule has 0 aliphatic rings. The van der Waals surface area contributed by atoms with Crippen LogP contribution in [0.4, 0.5) is 0 Å². The van der Waals surface area contributed by atoms with E-state index in [1.54, 1.807) is 13.8 Å². The van der Waals surface area contributed by atoms with E-state index >= 15 is 0 Å². The fourth-order valence-electron chi connectivity index (χ4n) is 3.02. The SMILES string of the molecule is C=C(C)C(=O)C(=C(C)C(=O)COC)C(C)(C)CC=C(C)CC(C)(C)C. The highest BCUT2D eigenvalue weighted by molar-refractivity contribution is 6.13. The van der Waals surface area contributed by atoms with Crippen molar-refractivity contribution >= 4 is 11.6 Å². The predicted molar refractivity (Wildman–Crippen MR) is 106 cm³/mol. The zero-order valence-electron chi connectivity index (χ0n) is 17.6. The fourth-order valence-corrected chi connectivity index (χ4v) is 3.02. The van der Waals surface area contributed by atoms with Crippen LogP contribution >= 0.6 is 0 Å². The number of Topliss-reactive ketones (excluding diaryl/α,β-unsaturated/α-hetero) is 2. The van der Waals surface area contributed by atoms with E-state index in [1.807, 2.05) is 13.8 Å². The molecular weight excluding hydrogens is 312 g/mol. The van der Waals surface area contributed by atoms with Crippen molar-refractivity contribution in [2.45, 2.75) is 68.2 Å². The minimum absolute atomic E-state index is 0.0201. The minimum Gasteiger partial charge on any atom is -0.377 e. The van der Waals surface area contributed by atoms with E-state index in [-0.39, 0.29) is 23.6 Å². The first-order valence-electron chi connectivity index (χ1n) is 8.82. The largest absolute Gasteiger partial charge is 0.377 e. The lowest BCUT2D eigenvalue weighted by Gasteiger charge is -2.29. The summed E-state index contributed by atoms with van der Waals surface area (Å²) in [5, 5.41) is 0. The van der Waals surface area contributed by atoms with Crippen molar-refractivity contribution in [3.05, 3.63) is 34.9 Å². The van der Waals surface area contributed by atoms with Crippen LogP contribution in [-0.4, -0.2) is 25.3 Å². The molecule has 0 N–H and O–H groups in total. The number of carbonyl (C=O) groups excluding carboxylic acids is 2. The highest BCUT2D eigenvalue weighted by atomic mass is 16.5. The van der Waals surface area contributed by atoms with Crippen LogP contribution in [0.3, 0.4) is 0 Å². The molecule has 0 radical (unpaired) electrons. The lowest BCUT2D eigenvalue weighted by atomic mass is 9.74. The maximum atomic E-state index is 12.7. The molecule has 0 heterocycles.